The van der Waals surface area contributed by atoms with Crippen LogP contribution in [0.5, 0.6) is 5.75 Å². The van der Waals surface area contributed by atoms with E-state index < -0.39 is 17.7 Å². The van der Waals surface area contributed by atoms with Gasteiger partial charge < -0.3 is 19.5 Å². The number of fused-ring (bicyclic) bond motifs is 2. The van der Waals surface area contributed by atoms with Gasteiger partial charge in [-0.1, -0.05) is 24.3 Å². The summed E-state index contributed by atoms with van der Waals surface area (Å²) in [5, 5.41) is 10.4. The van der Waals surface area contributed by atoms with Gasteiger partial charge in [0.05, 0.1) is 12.2 Å². The third-order valence-corrected chi connectivity index (χ3v) is 7.77. The first kappa shape index (κ1) is 26.9. The number of anilines is 1. The second kappa shape index (κ2) is 10.2. The number of aliphatic carboxylic acids is 1. The van der Waals surface area contributed by atoms with Gasteiger partial charge in [-0.2, -0.15) is 0 Å². The van der Waals surface area contributed by atoms with Crippen molar-refractivity contribution in [1.82, 2.24) is 0 Å². The van der Waals surface area contributed by atoms with E-state index in [1.807, 2.05) is 82.0 Å². The first-order chi connectivity index (χ1) is 18.5. The maximum absolute atomic E-state index is 13.8. The Labute approximate surface area is 230 Å². The van der Waals surface area contributed by atoms with Crippen LogP contribution >= 0.6 is 0 Å². The van der Waals surface area contributed by atoms with E-state index in [-0.39, 0.29) is 5.91 Å². The van der Waals surface area contributed by atoms with Gasteiger partial charge in [0.2, 0.25) is 0 Å². The molecule has 2 aliphatic heterocycles. The van der Waals surface area contributed by atoms with Crippen molar-refractivity contribution in [1.29, 1.82) is 0 Å². The maximum Gasteiger partial charge on any atom is 0.337 e. The van der Waals surface area contributed by atoms with Gasteiger partial charge in [-0.3, -0.25) is 4.79 Å². The van der Waals surface area contributed by atoms with E-state index >= 15 is 0 Å². The lowest BCUT2D eigenvalue weighted by molar-refractivity contribution is -0.160. The highest BCUT2D eigenvalue weighted by Gasteiger charge is 2.37. The molecule has 0 fully saturated rings. The van der Waals surface area contributed by atoms with Crippen molar-refractivity contribution >= 4 is 17.6 Å². The molecular weight excluding hydrogens is 490 g/mol. The molecule has 2 heterocycles. The third kappa shape index (κ3) is 4.94. The van der Waals surface area contributed by atoms with E-state index in [9.17, 15) is 14.7 Å². The first-order valence-corrected chi connectivity index (χ1v) is 13.7. The number of rotatable bonds is 5. The van der Waals surface area contributed by atoms with Crippen LogP contribution in [0.2, 0.25) is 0 Å². The Kier molecular flexibility index (Phi) is 7.02. The van der Waals surface area contributed by atoms with Gasteiger partial charge in [-0.25, -0.2) is 4.79 Å². The van der Waals surface area contributed by atoms with Crippen molar-refractivity contribution in [3.63, 3.8) is 0 Å². The summed E-state index contributed by atoms with van der Waals surface area (Å²) in [6.45, 7) is 12.8. The minimum Gasteiger partial charge on any atom is -0.493 e. The lowest BCUT2D eigenvalue weighted by Crippen LogP contribution is -2.30. The minimum atomic E-state index is -1.15. The van der Waals surface area contributed by atoms with Crippen LogP contribution in [0.15, 0.2) is 42.5 Å². The zero-order valence-corrected chi connectivity index (χ0v) is 23.7. The summed E-state index contributed by atoms with van der Waals surface area (Å²) >= 11 is 0. The van der Waals surface area contributed by atoms with Crippen LogP contribution in [0.25, 0.3) is 11.1 Å². The molecule has 6 nitrogen and oxygen atoms in total. The van der Waals surface area contributed by atoms with Crippen LogP contribution in [0, 0.1) is 20.8 Å². The van der Waals surface area contributed by atoms with Crippen molar-refractivity contribution in [2.45, 2.75) is 72.5 Å². The lowest BCUT2D eigenvalue weighted by atomic mass is 9.83. The molecular formula is C33H37NO5. The van der Waals surface area contributed by atoms with Crippen molar-refractivity contribution < 1.29 is 24.2 Å². The molecule has 0 spiro atoms. The molecule has 3 aromatic rings. The summed E-state index contributed by atoms with van der Waals surface area (Å²) in [6.07, 6.45) is 1.33. The Morgan fingerprint density at radius 2 is 1.74 bits per heavy atom. The predicted molar refractivity (Wildman–Crippen MR) is 153 cm³/mol. The average Bonchev–Trinajstić information content (AvgIpc) is 3.30. The second-order valence-electron chi connectivity index (χ2n) is 11.6. The number of carbonyl (C=O) groups is 2. The summed E-state index contributed by atoms with van der Waals surface area (Å²) in [5.74, 6) is -0.175. The van der Waals surface area contributed by atoms with Crippen LogP contribution in [0.1, 0.15) is 77.0 Å². The summed E-state index contributed by atoms with van der Waals surface area (Å²) in [6, 6.07) is 13.6. The molecule has 6 heteroatoms. The highest BCUT2D eigenvalue weighted by Crippen LogP contribution is 2.47. The standard InChI is InChI=1S/C33H37NO5/c1-19-10-7-8-11-22(19)31(35)34-16-15-25-26(34)18-20(2)28(30(32(36)37)39-33(4,5)6)29(25)24-13-14-27-23(21(24)3)12-9-17-38-27/h7-8,10-11,13-14,18,30H,9,12,15-17H2,1-6H3,(H,36,37)/t30-/m0/s1. The predicted octanol–water partition coefficient (Wildman–Crippen LogP) is 6.75. The second-order valence-corrected chi connectivity index (χ2v) is 11.6. The van der Waals surface area contributed by atoms with E-state index in [1.165, 1.54) is 0 Å². The molecule has 1 atom stereocenters. The Bertz CT molecular complexity index is 1470. The number of hydrogen-bond donors (Lipinski definition) is 1. The Morgan fingerprint density at radius 1 is 1.00 bits per heavy atom. The molecule has 5 rings (SSSR count). The normalized spacial score (nSPS) is 15.4. The summed E-state index contributed by atoms with van der Waals surface area (Å²) in [7, 11) is 0. The largest absolute Gasteiger partial charge is 0.493 e. The van der Waals surface area contributed by atoms with Crippen molar-refractivity contribution in [2.75, 3.05) is 18.1 Å². The van der Waals surface area contributed by atoms with Gasteiger partial charge in [0.1, 0.15) is 5.75 Å². The van der Waals surface area contributed by atoms with Gasteiger partial charge in [-0.15, -0.1) is 0 Å². The fourth-order valence-corrected chi connectivity index (χ4v) is 5.98. The van der Waals surface area contributed by atoms with Gasteiger partial charge in [0.15, 0.2) is 6.10 Å². The zero-order valence-electron chi connectivity index (χ0n) is 23.7. The molecule has 2 aliphatic rings. The maximum atomic E-state index is 13.8. The highest BCUT2D eigenvalue weighted by molar-refractivity contribution is 6.09. The number of ether oxygens (including phenoxy) is 2. The Balaban J connectivity index is 1.76. The number of hydrogen-bond acceptors (Lipinski definition) is 4. The van der Waals surface area contributed by atoms with E-state index in [1.54, 1.807) is 0 Å². The summed E-state index contributed by atoms with van der Waals surface area (Å²) in [4.78, 5) is 28.3. The molecule has 0 bridgehead atoms. The molecule has 204 valence electrons. The van der Waals surface area contributed by atoms with Crippen LogP contribution in [-0.4, -0.2) is 35.7 Å². The van der Waals surface area contributed by atoms with E-state index in [2.05, 4.69) is 6.92 Å². The van der Waals surface area contributed by atoms with Crippen molar-refractivity contribution in [3.05, 3.63) is 81.4 Å². The molecule has 0 aromatic heterocycles. The van der Waals surface area contributed by atoms with Crippen molar-refractivity contribution in [2.24, 2.45) is 0 Å². The highest BCUT2D eigenvalue weighted by atomic mass is 16.5. The zero-order chi connectivity index (χ0) is 28.1. The van der Waals surface area contributed by atoms with Crippen LogP contribution in [-0.2, 0) is 22.4 Å². The van der Waals surface area contributed by atoms with Crippen LogP contribution in [0.4, 0.5) is 5.69 Å². The topological polar surface area (TPSA) is 76.1 Å². The number of aryl methyl sites for hydroxylation is 2. The number of carboxylic acid groups (broad SMARTS) is 1. The van der Waals surface area contributed by atoms with E-state index in [0.29, 0.717) is 30.7 Å². The molecule has 0 saturated heterocycles. The number of amides is 1. The molecule has 3 aromatic carbocycles. The SMILES string of the molecule is Cc1ccccc1C(=O)N1CCc2c1cc(C)c([C@H](OC(C)(C)C)C(=O)O)c2-c1ccc2c(c1C)CCCO2. The average molecular weight is 528 g/mol. The summed E-state index contributed by atoms with van der Waals surface area (Å²) in [5.41, 5.74) is 8.30. The molecule has 0 saturated carbocycles. The van der Waals surface area contributed by atoms with E-state index in [4.69, 9.17) is 9.47 Å². The molecule has 39 heavy (non-hydrogen) atoms. The smallest absolute Gasteiger partial charge is 0.337 e. The van der Waals surface area contributed by atoms with Gasteiger partial charge >= 0.3 is 5.97 Å². The number of carbonyl (C=O) groups excluding carboxylic acids is 1. The first-order valence-electron chi connectivity index (χ1n) is 13.7. The number of nitrogens with zero attached hydrogens (tertiary/aromatic N) is 1. The Morgan fingerprint density at radius 3 is 2.44 bits per heavy atom. The molecule has 0 radical (unpaired) electrons. The van der Waals surface area contributed by atoms with Gasteiger partial charge in [-0.05, 0) is 118 Å². The molecule has 1 amide bonds. The van der Waals surface area contributed by atoms with E-state index in [0.717, 1.165) is 63.2 Å². The molecule has 1 N–H and O–H groups in total. The molecule has 0 unspecified atom stereocenters. The van der Waals surface area contributed by atoms with Gasteiger partial charge in [0.25, 0.3) is 5.91 Å². The Hall–Kier alpha value is -3.64. The fraction of sp³-hybridized carbons (Fsp3) is 0.394. The minimum absolute atomic E-state index is 0.0405. The van der Waals surface area contributed by atoms with Crippen molar-refractivity contribution in [3.8, 4) is 16.9 Å². The molecule has 0 aliphatic carbocycles. The number of benzene rings is 3. The van der Waals surface area contributed by atoms with Crippen LogP contribution < -0.4 is 9.64 Å². The third-order valence-electron chi connectivity index (χ3n) is 7.77. The summed E-state index contributed by atoms with van der Waals surface area (Å²) < 4.78 is 12.1. The lowest BCUT2D eigenvalue weighted by Gasteiger charge is -2.30. The number of carboxylic acids is 1. The van der Waals surface area contributed by atoms with Crippen LogP contribution in [0.3, 0.4) is 0 Å². The monoisotopic (exact) mass is 527 g/mol. The quantitative estimate of drug-likeness (QED) is 0.397. The van der Waals surface area contributed by atoms with Gasteiger partial charge in [0, 0.05) is 23.4 Å². The fourth-order valence-electron chi connectivity index (χ4n) is 5.98.